The molecule has 5 aliphatic rings. The molecule has 0 aromatic rings. The van der Waals surface area contributed by atoms with Gasteiger partial charge >= 0.3 is 0 Å². The molecule has 29 heavy (non-hydrogen) atoms. The zero-order valence-corrected chi connectivity index (χ0v) is 19.2. The summed E-state index contributed by atoms with van der Waals surface area (Å²) in [6, 6.07) is 0.777. The summed E-state index contributed by atoms with van der Waals surface area (Å²) >= 11 is 2.28. The molecule has 3 saturated heterocycles. The van der Waals surface area contributed by atoms with E-state index in [1.54, 1.807) is 0 Å². The summed E-state index contributed by atoms with van der Waals surface area (Å²) in [4.78, 5) is 2.68. The number of nitrogens with one attached hydrogen (secondary N) is 1. The molecular weight excluding hydrogens is 380 g/mol. The van der Waals surface area contributed by atoms with Crippen molar-refractivity contribution in [1.29, 1.82) is 0 Å². The van der Waals surface area contributed by atoms with Gasteiger partial charge in [-0.05, 0) is 63.3 Å². The van der Waals surface area contributed by atoms with E-state index >= 15 is 0 Å². The summed E-state index contributed by atoms with van der Waals surface area (Å²) in [7, 11) is 0. The van der Waals surface area contributed by atoms with Gasteiger partial charge in [0.1, 0.15) is 0 Å². The number of unbranched alkanes of at least 4 members (excludes halogenated alkanes) is 1. The number of nitrogens with zero attached hydrogens (tertiary/aromatic N) is 1. The summed E-state index contributed by atoms with van der Waals surface area (Å²) in [6.07, 6.45) is 14.6. The molecule has 0 bridgehead atoms. The lowest BCUT2D eigenvalue weighted by molar-refractivity contribution is -0.0935. The van der Waals surface area contributed by atoms with E-state index in [0.717, 1.165) is 61.9 Å². The van der Waals surface area contributed by atoms with E-state index in [-0.39, 0.29) is 0 Å². The molecule has 4 nitrogen and oxygen atoms in total. The normalized spacial score (nSPS) is 45.8. The second kappa shape index (κ2) is 9.77. The number of piperidine rings is 1. The first kappa shape index (κ1) is 21.1. The maximum atomic E-state index is 6.95. The van der Waals surface area contributed by atoms with Crippen molar-refractivity contribution in [3.63, 3.8) is 0 Å². The van der Waals surface area contributed by atoms with Crippen LogP contribution in [-0.2, 0) is 9.47 Å². The number of thioether (sulfide) groups is 1. The number of fused-ring (bicyclic) bond motifs is 3. The fraction of sp³-hybridized carbons (Fsp3) is 1.00. The highest BCUT2D eigenvalue weighted by molar-refractivity contribution is 8.00. The number of rotatable bonds is 6. The van der Waals surface area contributed by atoms with Gasteiger partial charge in [0.2, 0.25) is 0 Å². The molecule has 5 fully saturated rings. The Morgan fingerprint density at radius 1 is 1.00 bits per heavy atom. The summed E-state index contributed by atoms with van der Waals surface area (Å²) in [5.74, 6) is 2.64. The molecule has 166 valence electrons. The van der Waals surface area contributed by atoms with Crippen LogP contribution in [0, 0.1) is 17.8 Å². The molecule has 3 heterocycles. The first-order valence-corrected chi connectivity index (χ1v) is 13.6. The van der Waals surface area contributed by atoms with Gasteiger partial charge in [-0.1, -0.05) is 26.2 Å². The molecule has 2 aliphatic carbocycles. The third-order valence-corrected chi connectivity index (χ3v) is 10.3. The summed E-state index contributed by atoms with van der Waals surface area (Å²) in [5.41, 5.74) is 0. The predicted molar refractivity (Wildman–Crippen MR) is 120 cm³/mol. The van der Waals surface area contributed by atoms with Crippen LogP contribution in [0.5, 0.6) is 0 Å². The molecule has 0 amide bonds. The van der Waals surface area contributed by atoms with E-state index in [4.69, 9.17) is 9.47 Å². The number of ether oxygens (including phenoxy) is 2. The highest BCUT2D eigenvalue weighted by Gasteiger charge is 2.54. The van der Waals surface area contributed by atoms with Crippen molar-refractivity contribution in [3.05, 3.63) is 0 Å². The van der Waals surface area contributed by atoms with Crippen LogP contribution >= 0.6 is 11.8 Å². The SMILES string of the molecule is CCCC[C@H]1CCC2SC3NCCC(OC4CCC(N5CCOCC5)CC4)C3C21. The van der Waals surface area contributed by atoms with Crippen LogP contribution in [0.15, 0.2) is 0 Å². The van der Waals surface area contributed by atoms with Crippen molar-refractivity contribution < 1.29 is 9.47 Å². The van der Waals surface area contributed by atoms with Crippen molar-refractivity contribution in [2.45, 2.75) is 100 Å². The largest absolute Gasteiger partial charge is 0.379 e. The third-order valence-electron chi connectivity index (χ3n) is 8.62. The minimum Gasteiger partial charge on any atom is -0.379 e. The fourth-order valence-electron chi connectivity index (χ4n) is 7.15. The number of hydrogen-bond acceptors (Lipinski definition) is 5. The lowest BCUT2D eigenvalue weighted by Gasteiger charge is -2.43. The van der Waals surface area contributed by atoms with E-state index in [0.29, 0.717) is 17.6 Å². The Morgan fingerprint density at radius 2 is 1.83 bits per heavy atom. The zero-order valence-electron chi connectivity index (χ0n) is 18.4. The van der Waals surface area contributed by atoms with Crippen LogP contribution in [0.2, 0.25) is 0 Å². The molecular formula is C24H42N2O2S. The Morgan fingerprint density at radius 3 is 2.62 bits per heavy atom. The van der Waals surface area contributed by atoms with E-state index in [1.807, 2.05) is 0 Å². The minimum atomic E-state index is 0.510. The van der Waals surface area contributed by atoms with Gasteiger partial charge in [0.25, 0.3) is 0 Å². The molecule has 0 aromatic heterocycles. The van der Waals surface area contributed by atoms with Crippen LogP contribution in [-0.4, -0.2) is 66.6 Å². The Balaban J connectivity index is 1.17. The van der Waals surface area contributed by atoms with Gasteiger partial charge in [-0.2, -0.15) is 0 Å². The average molecular weight is 423 g/mol. The van der Waals surface area contributed by atoms with Crippen molar-refractivity contribution in [1.82, 2.24) is 10.2 Å². The Bertz CT molecular complexity index is 521. The van der Waals surface area contributed by atoms with Gasteiger partial charge in [0.15, 0.2) is 0 Å². The lowest BCUT2D eigenvalue weighted by Crippen LogP contribution is -2.50. The van der Waals surface area contributed by atoms with Crippen LogP contribution in [0.1, 0.15) is 71.1 Å². The molecule has 3 aliphatic heterocycles. The van der Waals surface area contributed by atoms with Gasteiger partial charge in [0, 0.05) is 30.3 Å². The minimum absolute atomic E-state index is 0.510. The second-order valence-corrected chi connectivity index (χ2v) is 11.6. The van der Waals surface area contributed by atoms with Crippen molar-refractivity contribution >= 4 is 11.8 Å². The van der Waals surface area contributed by atoms with Crippen LogP contribution in [0.4, 0.5) is 0 Å². The third kappa shape index (κ3) is 4.55. The maximum absolute atomic E-state index is 6.95. The maximum Gasteiger partial charge on any atom is 0.0645 e. The molecule has 0 radical (unpaired) electrons. The summed E-state index contributed by atoms with van der Waals surface area (Å²) in [5, 5.41) is 5.44. The lowest BCUT2D eigenvalue weighted by atomic mass is 9.76. The van der Waals surface area contributed by atoms with E-state index in [9.17, 15) is 0 Å². The van der Waals surface area contributed by atoms with Crippen LogP contribution in [0.3, 0.4) is 0 Å². The Hall–Kier alpha value is 0.190. The van der Waals surface area contributed by atoms with Gasteiger partial charge in [-0.25, -0.2) is 0 Å². The molecule has 5 unspecified atom stereocenters. The molecule has 6 atom stereocenters. The van der Waals surface area contributed by atoms with E-state index < -0.39 is 0 Å². The van der Waals surface area contributed by atoms with Crippen molar-refractivity contribution in [2.24, 2.45) is 17.8 Å². The first-order chi connectivity index (χ1) is 14.3. The van der Waals surface area contributed by atoms with Gasteiger partial charge < -0.3 is 14.8 Å². The molecule has 5 heteroatoms. The molecule has 2 saturated carbocycles. The monoisotopic (exact) mass is 422 g/mol. The molecule has 0 spiro atoms. The van der Waals surface area contributed by atoms with Gasteiger partial charge in [-0.3, -0.25) is 4.90 Å². The van der Waals surface area contributed by atoms with Crippen LogP contribution in [0.25, 0.3) is 0 Å². The summed E-state index contributed by atoms with van der Waals surface area (Å²) in [6.45, 7) is 7.62. The van der Waals surface area contributed by atoms with Crippen molar-refractivity contribution in [3.8, 4) is 0 Å². The first-order valence-electron chi connectivity index (χ1n) is 12.7. The van der Waals surface area contributed by atoms with E-state index in [2.05, 4.69) is 28.9 Å². The van der Waals surface area contributed by atoms with E-state index in [1.165, 1.54) is 64.2 Å². The molecule has 1 N–H and O–H groups in total. The van der Waals surface area contributed by atoms with Crippen LogP contribution < -0.4 is 5.32 Å². The van der Waals surface area contributed by atoms with Gasteiger partial charge in [-0.15, -0.1) is 11.8 Å². The quantitative estimate of drug-likeness (QED) is 0.691. The topological polar surface area (TPSA) is 33.7 Å². The number of morpholine rings is 1. The Labute approximate surface area is 182 Å². The highest BCUT2D eigenvalue weighted by atomic mass is 32.2. The van der Waals surface area contributed by atoms with Crippen molar-refractivity contribution in [2.75, 3.05) is 32.8 Å². The molecule has 0 aromatic carbocycles. The fourth-order valence-corrected chi connectivity index (χ4v) is 9.14. The Kier molecular flexibility index (Phi) is 7.09. The van der Waals surface area contributed by atoms with Gasteiger partial charge in [0.05, 0.1) is 30.8 Å². The number of hydrogen-bond donors (Lipinski definition) is 1. The highest BCUT2D eigenvalue weighted by Crippen LogP contribution is 2.57. The molecule has 5 rings (SSSR count). The average Bonchev–Trinajstić information content (AvgIpc) is 3.33. The zero-order chi connectivity index (χ0) is 19.6. The predicted octanol–water partition coefficient (Wildman–Crippen LogP) is 4.28. The summed E-state index contributed by atoms with van der Waals surface area (Å²) < 4.78 is 12.5. The smallest absolute Gasteiger partial charge is 0.0645 e. The second-order valence-electron chi connectivity index (χ2n) is 10.2. The standard InChI is InChI=1S/C24H42N2O2S/c1-2-3-4-17-5-10-21-22(17)23-20(11-12-25-24(23)29-21)28-19-8-6-18(7-9-19)26-13-15-27-16-14-26/h17-25H,2-16H2,1H3/t17-,18?,19?,20?,21?,22?,23?,24?/m0/s1.